The maximum absolute atomic E-state index is 13.4. The van der Waals surface area contributed by atoms with Gasteiger partial charge in [0.1, 0.15) is 17.8 Å². The Balaban J connectivity index is 1.75. The predicted molar refractivity (Wildman–Crippen MR) is 136 cm³/mol. The molecule has 0 aromatic carbocycles. The molecule has 4 N–H and O–H groups in total. The summed E-state index contributed by atoms with van der Waals surface area (Å²) in [5.41, 5.74) is -7.88. The van der Waals surface area contributed by atoms with E-state index >= 15 is 0 Å². The Morgan fingerprint density at radius 1 is 1.23 bits per heavy atom. The van der Waals surface area contributed by atoms with E-state index in [9.17, 15) is 34.8 Å². The summed E-state index contributed by atoms with van der Waals surface area (Å²) in [6.07, 6.45) is -0.905. The molecule has 0 radical (unpaired) electrons. The van der Waals surface area contributed by atoms with Crippen LogP contribution in [-0.4, -0.2) is 85.5 Å². The fourth-order valence-corrected chi connectivity index (χ4v) is 8.28. The molecule has 4 fully saturated rings. The van der Waals surface area contributed by atoms with E-state index < -0.39 is 100 Å². The van der Waals surface area contributed by atoms with Gasteiger partial charge in [0.25, 0.3) is 0 Å². The number of rotatable bonds is 5. The summed E-state index contributed by atoms with van der Waals surface area (Å²) in [6.45, 7) is 12.8. The number of hydrogen-bond donors (Lipinski definition) is 4. The highest BCUT2D eigenvalue weighted by Gasteiger charge is 2.93. The molecule has 0 bridgehead atoms. The lowest BCUT2D eigenvalue weighted by atomic mass is 9.58. The molecule has 10 nitrogen and oxygen atoms in total. The van der Waals surface area contributed by atoms with Crippen LogP contribution in [0.3, 0.4) is 0 Å². The summed E-state index contributed by atoms with van der Waals surface area (Å²) in [6, 6.07) is 0. The SMILES string of the molecule is C/C=C(\C)C(=O)OC1[C@@H](C)C2(O)[C@@H]3C=C(C)C(=O)C3(O)C(O)C3(CO)OC3[C@H]2[C@H]2C(C)(C)C12OC(=O)C(C)C. The Hall–Kier alpha value is -2.11. The highest BCUT2D eigenvalue weighted by atomic mass is 16.6. The Labute approximate surface area is 228 Å². The fourth-order valence-electron chi connectivity index (χ4n) is 8.28. The van der Waals surface area contributed by atoms with Crippen LogP contribution in [0, 0.1) is 35.0 Å². The summed E-state index contributed by atoms with van der Waals surface area (Å²) < 4.78 is 18.2. The van der Waals surface area contributed by atoms with E-state index in [4.69, 9.17) is 14.2 Å². The standard InChI is InChI=1S/C29H40O10/c1-9-13(4)23(33)37-20-15(6)27(35)16-10-14(5)19(31)28(16,36)24(34)26(11-30)21(38-26)17(27)18-25(7,8)29(18,20)39-22(32)12(2)3/h9-10,12,15-18,20-21,24,30,34-36H,11H2,1-8H3/b13-9+/t15-,16+,17-,18+,20?,21?,24?,26?,27?,28?,29?/m1/s1. The third-order valence-electron chi connectivity index (χ3n) is 10.7. The van der Waals surface area contributed by atoms with Gasteiger partial charge in [0, 0.05) is 34.7 Å². The number of epoxide rings is 1. The monoisotopic (exact) mass is 548 g/mol. The van der Waals surface area contributed by atoms with Crippen molar-refractivity contribution in [2.24, 2.45) is 35.0 Å². The number of ketones is 1. The molecule has 1 saturated heterocycles. The first-order valence-corrected chi connectivity index (χ1v) is 13.7. The van der Waals surface area contributed by atoms with Crippen molar-refractivity contribution in [1.29, 1.82) is 0 Å². The largest absolute Gasteiger partial charge is 0.454 e. The number of esters is 2. The first-order chi connectivity index (χ1) is 18.0. The average Bonchev–Trinajstić information content (AvgIpc) is 3.71. The number of fused-ring (bicyclic) bond motifs is 7. The van der Waals surface area contributed by atoms with E-state index in [2.05, 4.69) is 0 Å². The van der Waals surface area contributed by atoms with Gasteiger partial charge in [-0.25, -0.2) is 4.79 Å². The van der Waals surface area contributed by atoms with Gasteiger partial charge in [-0.05, 0) is 26.3 Å². The van der Waals surface area contributed by atoms with Crippen molar-refractivity contribution in [3.8, 4) is 0 Å². The number of Topliss-reactive ketones (excluding diaryl/α,β-unsaturated/α-hetero) is 1. The van der Waals surface area contributed by atoms with Crippen LogP contribution in [0.1, 0.15) is 55.4 Å². The zero-order valence-corrected chi connectivity index (χ0v) is 23.7. The van der Waals surface area contributed by atoms with Gasteiger partial charge in [-0.15, -0.1) is 0 Å². The van der Waals surface area contributed by atoms with Crippen LogP contribution in [-0.2, 0) is 28.6 Å². The normalized spacial score (nSPS) is 49.2. The predicted octanol–water partition coefficient (Wildman–Crippen LogP) is 0.836. The van der Waals surface area contributed by atoms with Crippen molar-refractivity contribution in [3.05, 3.63) is 23.3 Å². The van der Waals surface area contributed by atoms with Crippen LogP contribution < -0.4 is 0 Å². The third kappa shape index (κ3) is 3.07. The molecule has 0 amide bonds. The molecule has 11 atom stereocenters. The molecule has 0 spiro atoms. The molecule has 0 aromatic heterocycles. The quantitative estimate of drug-likeness (QED) is 0.220. The molecule has 10 heteroatoms. The number of hydrogen-bond acceptors (Lipinski definition) is 10. The molecule has 5 rings (SSSR count). The van der Waals surface area contributed by atoms with Crippen molar-refractivity contribution in [3.63, 3.8) is 0 Å². The van der Waals surface area contributed by atoms with Crippen molar-refractivity contribution in [2.75, 3.05) is 6.61 Å². The highest BCUT2D eigenvalue weighted by Crippen LogP contribution is 2.80. The van der Waals surface area contributed by atoms with E-state index in [-0.39, 0.29) is 5.57 Å². The van der Waals surface area contributed by atoms with Crippen molar-refractivity contribution in [1.82, 2.24) is 0 Å². The third-order valence-corrected chi connectivity index (χ3v) is 10.7. The van der Waals surface area contributed by atoms with Gasteiger partial charge in [0.2, 0.25) is 0 Å². The second-order valence-corrected chi connectivity index (χ2v) is 13.1. The molecule has 0 aromatic rings. The van der Waals surface area contributed by atoms with Gasteiger partial charge in [-0.3, -0.25) is 9.59 Å². The first-order valence-electron chi connectivity index (χ1n) is 13.7. The molecular formula is C29H40O10. The number of carbonyl (C=O) groups excluding carboxylic acids is 3. The number of aliphatic hydroxyl groups excluding tert-OH is 2. The minimum absolute atomic E-state index is 0.157. The zero-order valence-electron chi connectivity index (χ0n) is 23.7. The van der Waals surface area contributed by atoms with Crippen LogP contribution >= 0.6 is 0 Å². The lowest BCUT2D eigenvalue weighted by molar-refractivity contribution is -0.245. The van der Waals surface area contributed by atoms with Crippen molar-refractivity contribution in [2.45, 2.75) is 96.1 Å². The second kappa shape index (κ2) is 8.22. The average molecular weight is 549 g/mol. The molecule has 1 heterocycles. The number of allylic oxidation sites excluding steroid dienone is 1. The van der Waals surface area contributed by atoms with E-state index in [1.54, 1.807) is 40.7 Å². The molecule has 4 aliphatic carbocycles. The van der Waals surface area contributed by atoms with Gasteiger partial charge in [0.15, 0.2) is 17.0 Å². The summed E-state index contributed by atoms with van der Waals surface area (Å²) in [4.78, 5) is 39.6. The molecule has 5 aliphatic rings. The lowest BCUT2D eigenvalue weighted by Crippen LogP contribution is -2.69. The summed E-state index contributed by atoms with van der Waals surface area (Å²) in [7, 11) is 0. The van der Waals surface area contributed by atoms with Crippen LogP contribution in [0.2, 0.25) is 0 Å². The van der Waals surface area contributed by atoms with Crippen LogP contribution in [0.4, 0.5) is 0 Å². The Kier molecular flexibility index (Phi) is 5.99. The highest BCUT2D eigenvalue weighted by molar-refractivity contribution is 6.05. The minimum atomic E-state index is -2.49. The summed E-state index contributed by atoms with van der Waals surface area (Å²) >= 11 is 0. The minimum Gasteiger partial charge on any atom is -0.454 e. The number of ether oxygens (including phenoxy) is 3. The number of carbonyl (C=O) groups is 3. The molecule has 3 saturated carbocycles. The molecular weight excluding hydrogens is 508 g/mol. The molecule has 1 aliphatic heterocycles. The smallest absolute Gasteiger partial charge is 0.333 e. The first kappa shape index (κ1) is 28.4. The molecule has 7 unspecified atom stereocenters. The van der Waals surface area contributed by atoms with Gasteiger partial charge in [-0.2, -0.15) is 0 Å². The Morgan fingerprint density at radius 3 is 2.38 bits per heavy atom. The Morgan fingerprint density at radius 2 is 1.85 bits per heavy atom. The second-order valence-electron chi connectivity index (χ2n) is 13.1. The zero-order chi connectivity index (χ0) is 29.2. The van der Waals surface area contributed by atoms with E-state index in [1.165, 1.54) is 13.0 Å². The van der Waals surface area contributed by atoms with Crippen molar-refractivity contribution < 1.29 is 49.0 Å². The van der Waals surface area contributed by atoms with E-state index in [0.29, 0.717) is 5.57 Å². The maximum Gasteiger partial charge on any atom is 0.333 e. The maximum atomic E-state index is 13.4. The van der Waals surface area contributed by atoms with E-state index in [0.717, 1.165) is 0 Å². The van der Waals surface area contributed by atoms with Gasteiger partial charge < -0.3 is 34.6 Å². The molecule has 39 heavy (non-hydrogen) atoms. The van der Waals surface area contributed by atoms with E-state index in [1.807, 2.05) is 13.8 Å². The van der Waals surface area contributed by atoms with Gasteiger partial charge in [0.05, 0.1) is 24.2 Å². The van der Waals surface area contributed by atoms with Gasteiger partial charge >= 0.3 is 11.9 Å². The Bertz CT molecular complexity index is 1200. The van der Waals surface area contributed by atoms with Gasteiger partial charge in [-0.1, -0.05) is 46.8 Å². The summed E-state index contributed by atoms with van der Waals surface area (Å²) in [5.74, 6) is -6.25. The van der Waals surface area contributed by atoms with Crippen LogP contribution in [0.25, 0.3) is 0 Å². The van der Waals surface area contributed by atoms with Crippen LogP contribution in [0.5, 0.6) is 0 Å². The number of aliphatic hydroxyl groups is 4. The van der Waals surface area contributed by atoms with Crippen molar-refractivity contribution >= 4 is 17.7 Å². The lowest BCUT2D eigenvalue weighted by Gasteiger charge is -2.53. The molecule has 216 valence electrons. The fraction of sp³-hybridized carbons (Fsp3) is 0.759. The summed E-state index contributed by atoms with van der Waals surface area (Å²) in [5, 5.41) is 46.6. The topological polar surface area (TPSA) is 163 Å². The van der Waals surface area contributed by atoms with Crippen LogP contribution in [0.15, 0.2) is 23.3 Å².